The van der Waals surface area contributed by atoms with Crippen LogP contribution in [0.15, 0.2) is 24.4 Å². The minimum atomic E-state index is 0.776. The maximum absolute atomic E-state index is 4.39. The molecule has 0 fully saturated rings. The van der Waals surface area contributed by atoms with Crippen molar-refractivity contribution in [3.63, 3.8) is 0 Å². The summed E-state index contributed by atoms with van der Waals surface area (Å²) in [5.74, 6) is 0.940. The van der Waals surface area contributed by atoms with E-state index in [2.05, 4.69) is 26.4 Å². The van der Waals surface area contributed by atoms with E-state index in [0.717, 1.165) is 34.8 Å². The topological polar surface area (TPSA) is 58.5 Å². The van der Waals surface area contributed by atoms with Crippen LogP contribution in [-0.4, -0.2) is 19.7 Å². The fourth-order valence-corrected chi connectivity index (χ4v) is 2.27. The number of H-pyrrole nitrogens is 1. The monoisotopic (exact) mass is 255 g/mol. The summed E-state index contributed by atoms with van der Waals surface area (Å²) in [6, 6.07) is 6.16. The van der Waals surface area contributed by atoms with Gasteiger partial charge < -0.3 is 10.3 Å². The van der Waals surface area contributed by atoms with Gasteiger partial charge >= 0.3 is 0 Å². The molecule has 0 saturated carbocycles. The molecule has 0 unspecified atom stereocenters. The van der Waals surface area contributed by atoms with Crippen molar-refractivity contribution in [2.24, 2.45) is 7.05 Å². The number of benzene rings is 1. The van der Waals surface area contributed by atoms with E-state index in [1.54, 1.807) is 0 Å². The highest BCUT2D eigenvalue weighted by Crippen LogP contribution is 2.18. The number of aryl methyl sites for hydroxylation is 3. The Kier molecular flexibility index (Phi) is 2.74. The molecule has 1 aromatic carbocycles. The van der Waals surface area contributed by atoms with Gasteiger partial charge in [-0.3, -0.25) is 4.68 Å². The van der Waals surface area contributed by atoms with E-state index in [4.69, 9.17) is 0 Å². The number of hydrogen-bond acceptors (Lipinski definition) is 3. The lowest BCUT2D eigenvalue weighted by molar-refractivity contribution is 0.756. The Morgan fingerprint density at radius 3 is 2.89 bits per heavy atom. The van der Waals surface area contributed by atoms with Gasteiger partial charge in [-0.1, -0.05) is 0 Å². The predicted octanol–water partition coefficient (Wildman–Crippen LogP) is 2.53. The number of fused-ring (bicyclic) bond motifs is 1. The van der Waals surface area contributed by atoms with Gasteiger partial charge in [0.05, 0.1) is 16.7 Å². The number of imidazole rings is 1. The van der Waals surface area contributed by atoms with Gasteiger partial charge in [0.25, 0.3) is 0 Å². The van der Waals surface area contributed by atoms with E-state index < -0.39 is 0 Å². The van der Waals surface area contributed by atoms with Gasteiger partial charge in [0, 0.05) is 31.0 Å². The zero-order chi connectivity index (χ0) is 13.4. The first-order valence-electron chi connectivity index (χ1n) is 6.31. The Hall–Kier alpha value is -2.30. The zero-order valence-corrected chi connectivity index (χ0v) is 11.4. The summed E-state index contributed by atoms with van der Waals surface area (Å²) in [6.07, 6.45) is 2.04. The smallest absolute Gasteiger partial charge is 0.104 e. The maximum atomic E-state index is 4.39. The van der Waals surface area contributed by atoms with Crippen molar-refractivity contribution in [3.8, 4) is 0 Å². The van der Waals surface area contributed by atoms with E-state index in [9.17, 15) is 0 Å². The number of nitrogens with one attached hydrogen (secondary N) is 2. The third-order valence-electron chi connectivity index (χ3n) is 3.20. The second-order valence-electron chi connectivity index (χ2n) is 4.82. The number of aromatic nitrogens is 4. The number of aromatic amines is 1. The quantitative estimate of drug-likeness (QED) is 0.756. The molecular weight excluding hydrogens is 238 g/mol. The molecule has 98 valence electrons. The third kappa shape index (κ3) is 2.31. The fourth-order valence-electron chi connectivity index (χ4n) is 2.27. The SMILES string of the molecule is Cc1nc2ccc(NCc3cn(C)nc3C)cc2[nH]1. The molecule has 5 nitrogen and oxygen atoms in total. The average molecular weight is 255 g/mol. The van der Waals surface area contributed by atoms with E-state index in [1.807, 2.05) is 43.9 Å². The Balaban J connectivity index is 1.79. The Labute approximate surface area is 111 Å². The van der Waals surface area contributed by atoms with E-state index in [0.29, 0.717) is 0 Å². The minimum absolute atomic E-state index is 0.776. The summed E-state index contributed by atoms with van der Waals surface area (Å²) < 4.78 is 1.84. The summed E-state index contributed by atoms with van der Waals surface area (Å²) in [4.78, 5) is 7.64. The molecule has 0 atom stereocenters. The lowest BCUT2D eigenvalue weighted by Gasteiger charge is -2.05. The molecule has 0 saturated heterocycles. The zero-order valence-electron chi connectivity index (χ0n) is 11.4. The number of anilines is 1. The Morgan fingerprint density at radius 1 is 1.32 bits per heavy atom. The molecule has 0 amide bonds. The van der Waals surface area contributed by atoms with Crippen LogP contribution in [0.25, 0.3) is 11.0 Å². The van der Waals surface area contributed by atoms with Crippen LogP contribution in [0.4, 0.5) is 5.69 Å². The van der Waals surface area contributed by atoms with Crippen LogP contribution in [0.5, 0.6) is 0 Å². The third-order valence-corrected chi connectivity index (χ3v) is 3.20. The first-order valence-corrected chi connectivity index (χ1v) is 6.31. The van der Waals surface area contributed by atoms with Gasteiger partial charge in [0.1, 0.15) is 5.82 Å². The second-order valence-corrected chi connectivity index (χ2v) is 4.82. The molecule has 0 spiro atoms. The molecule has 0 aliphatic rings. The van der Waals surface area contributed by atoms with Crippen LogP contribution >= 0.6 is 0 Å². The van der Waals surface area contributed by atoms with Gasteiger partial charge in [0.15, 0.2) is 0 Å². The van der Waals surface area contributed by atoms with Crippen LogP contribution in [0.1, 0.15) is 17.1 Å². The first kappa shape index (κ1) is 11.8. The lowest BCUT2D eigenvalue weighted by Crippen LogP contribution is -1.99. The molecular formula is C14H17N5. The highest BCUT2D eigenvalue weighted by molar-refractivity contribution is 5.79. The molecule has 2 N–H and O–H groups in total. The summed E-state index contributed by atoms with van der Waals surface area (Å²) in [7, 11) is 1.94. The Morgan fingerprint density at radius 2 is 2.16 bits per heavy atom. The van der Waals surface area contributed by atoms with Crippen LogP contribution in [0.2, 0.25) is 0 Å². The molecule has 3 rings (SSSR count). The molecule has 0 aliphatic carbocycles. The van der Waals surface area contributed by atoms with Gasteiger partial charge in [-0.15, -0.1) is 0 Å². The second kappa shape index (κ2) is 4.42. The lowest BCUT2D eigenvalue weighted by atomic mass is 10.2. The summed E-state index contributed by atoms with van der Waals surface area (Å²) in [5, 5.41) is 7.75. The van der Waals surface area contributed by atoms with E-state index in [-0.39, 0.29) is 0 Å². The summed E-state index contributed by atoms with van der Waals surface area (Å²) in [6.45, 7) is 4.77. The molecule has 0 radical (unpaired) electrons. The molecule has 0 aliphatic heterocycles. The van der Waals surface area contributed by atoms with Crippen molar-refractivity contribution in [3.05, 3.63) is 41.5 Å². The first-order chi connectivity index (χ1) is 9.11. The molecule has 2 heterocycles. The summed E-state index contributed by atoms with van der Waals surface area (Å²) in [5.41, 5.74) is 5.42. The number of rotatable bonds is 3. The van der Waals surface area contributed by atoms with Crippen molar-refractivity contribution >= 4 is 16.7 Å². The summed E-state index contributed by atoms with van der Waals surface area (Å²) >= 11 is 0. The van der Waals surface area contributed by atoms with Crippen molar-refractivity contribution in [2.45, 2.75) is 20.4 Å². The largest absolute Gasteiger partial charge is 0.381 e. The molecule has 2 aromatic heterocycles. The van der Waals surface area contributed by atoms with E-state index in [1.165, 1.54) is 5.56 Å². The highest BCUT2D eigenvalue weighted by Gasteiger charge is 2.04. The standard InChI is InChI=1S/C14H17N5/c1-9-11(8-19(3)18-9)7-15-12-4-5-13-14(6-12)17-10(2)16-13/h4-6,8,15H,7H2,1-3H3,(H,16,17). The minimum Gasteiger partial charge on any atom is -0.381 e. The Bertz CT molecular complexity index is 723. The van der Waals surface area contributed by atoms with Crippen LogP contribution in [0, 0.1) is 13.8 Å². The molecule has 19 heavy (non-hydrogen) atoms. The van der Waals surface area contributed by atoms with Gasteiger partial charge in [-0.05, 0) is 32.0 Å². The normalized spacial score (nSPS) is 11.1. The fraction of sp³-hybridized carbons (Fsp3) is 0.286. The average Bonchev–Trinajstić information content (AvgIpc) is 2.87. The van der Waals surface area contributed by atoms with Gasteiger partial charge in [-0.2, -0.15) is 5.10 Å². The number of nitrogens with zero attached hydrogens (tertiary/aromatic N) is 3. The van der Waals surface area contributed by atoms with Crippen LogP contribution in [0.3, 0.4) is 0 Å². The highest BCUT2D eigenvalue weighted by atomic mass is 15.2. The van der Waals surface area contributed by atoms with Crippen LogP contribution < -0.4 is 5.32 Å². The predicted molar refractivity (Wildman–Crippen MR) is 76.1 cm³/mol. The molecule has 5 heteroatoms. The van der Waals surface area contributed by atoms with Crippen molar-refractivity contribution in [1.82, 2.24) is 19.7 Å². The molecule has 0 bridgehead atoms. The van der Waals surface area contributed by atoms with Crippen LogP contribution in [-0.2, 0) is 13.6 Å². The molecule has 3 aromatic rings. The number of hydrogen-bond donors (Lipinski definition) is 2. The van der Waals surface area contributed by atoms with E-state index >= 15 is 0 Å². The van der Waals surface area contributed by atoms with Gasteiger partial charge in [-0.25, -0.2) is 4.98 Å². The van der Waals surface area contributed by atoms with Crippen molar-refractivity contribution in [1.29, 1.82) is 0 Å². The van der Waals surface area contributed by atoms with Crippen molar-refractivity contribution in [2.75, 3.05) is 5.32 Å². The van der Waals surface area contributed by atoms with Gasteiger partial charge in [0.2, 0.25) is 0 Å². The maximum Gasteiger partial charge on any atom is 0.104 e. The van der Waals surface area contributed by atoms with Crippen molar-refractivity contribution < 1.29 is 0 Å².